The minimum absolute atomic E-state index is 0.0579. The number of hydrogen-bond acceptors (Lipinski definition) is 2. The van der Waals surface area contributed by atoms with Crippen LogP contribution in [-0.4, -0.2) is 5.91 Å². The average Bonchev–Trinajstić information content (AvgIpc) is 3.02. The van der Waals surface area contributed by atoms with Crippen LogP contribution in [0.4, 0.5) is 5.69 Å². The Morgan fingerprint density at radius 3 is 2.81 bits per heavy atom. The van der Waals surface area contributed by atoms with Gasteiger partial charge in [-0.3, -0.25) is 4.79 Å². The zero-order valence-corrected chi connectivity index (χ0v) is 9.57. The summed E-state index contributed by atoms with van der Waals surface area (Å²) in [5.41, 5.74) is 7.69. The molecule has 0 spiro atoms. The van der Waals surface area contributed by atoms with Crippen molar-refractivity contribution < 1.29 is 4.79 Å². The van der Waals surface area contributed by atoms with E-state index in [9.17, 15) is 4.79 Å². The molecule has 1 amide bonds. The van der Waals surface area contributed by atoms with E-state index >= 15 is 0 Å². The molecule has 1 fully saturated rings. The van der Waals surface area contributed by atoms with Crippen molar-refractivity contribution in [2.24, 2.45) is 11.7 Å². The Morgan fingerprint density at radius 1 is 1.50 bits per heavy atom. The third kappa shape index (κ3) is 2.83. The molecule has 3 heteroatoms. The van der Waals surface area contributed by atoms with Gasteiger partial charge in [-0.05, 0) is 37.3 Å². The fraction of sp³-hybridized carbons (Fsp3) is 0.462. The van der Waals surface area contributed by atoms with Crippen LogP contribution in [-0.2, 0) is 4.79 Å². The van der Waals surface area contributed by atoms with Gasteiger partial charge in [-0.2, -0.15) is 0 Å². The van der Waals surface area contributed by atoms with Gasteiger partial charge in [0.2, 0.25) is 5.91 Å². The van der Waals surface area contributed by atoms with Crippen molar-refractivity contribution in [3.63, 3.8) is 0 Å². The van der Waals surface area contributed by atoms with Gasteiger partial charge in [0.05, 0.1) is 0 Å². The lowest BCUT2D eigenvalue weighted by molar-refractivity contribution is -0.116. The topological polar surface area (TPSA) is 55.1 Å². The van der Waals surface area contributed by atoms with Crippen molar-refractivity contribution in [2.75, 3.05) is 5.32 Å². The molecule has 3 nitrogen and oxygen atoms in total. The number of carbonyl (C=O) groups is 1. The molecule has 0 bridgehead atoms. The first-order valence-electron chi connectivity index (χ1n) is 5.81. The molecule has 0 aromatic heterocycles. The summed E-state index contributed by atoms with van der Waals surface area (Å²) in [6.07, 6.45) is 3.04. The monoisotopic (exact) mass is 218 g/mol. The van der Waals surface area contributed by atoms with Crippen molar-refractivity contribution in [1.82, 2.24) is 0 Å². The highest BCUT2D eigenvalue weighted by Crippen LogP contribution is 2.32. The highest BCUT2D eigenvalue weighted by Gasteiger charge is 2.24. The molecule has 1 aromatic rings. The maximum absolute atomic E-state index is 11.7. The Morgan fingerprint density at radius 2 is 2.19 bits per heavy atom. The number of carbonyl (C=O) groups excluding carboxylic acids is 1. The van der Waals surface area contributed by atoms with Gasteiger partial charge < -0.3 is 11.1 Å². The molecule has 0 radical (unpaired) electrons. The van der Waals surface area contributed by atoms with E-state index in [1.165, 1.54) is 12.8 Å². The first kappa shape index (κ1) is 11.1. The number of nitrogens with two attached hydrogens (primary N) is 1. The molecule has 0 aliphatic heterocycles. The summed E-state index contributed by atoms with van der Waals surface area (Å²) in [7, 11) is 0. The van der Waals surface area contributed by atoms with Gasteiger partial charge in [0.25, 0.3) is 0 Å². The van der Waals surface area contributed by atoms with Crippen molar-refractivity contribution >= 4 is 11.6 Å². The lowest BCUT2D eigenvalue weighted by Gasteiger charge is -2.13. The molecule has 1 aliphatic rings. The Kier molecular flexibility index (Phi) is 3.25. The number of amides is 1. The molecule has 1 aliphatic carbocycles. The van der Waals surface area contributed by atoms with Crippen LogP contribution in [0.1, 0.15) is 37.8 Å². The van der Waals surface area contributed by atoms with E-state index in [0.717, 1.165) is 11.3 Å². The zero-order chi connectivity index (χ0) is 11.5. The van der Waals surface area contributed by atoms with Crippen LogP contribution in [0, 0.1) is 5.92 Å². The van der Waals surface area contributed by atoms with E-state index in [1.54, 1.807) is 0 Å². The predicted octanol–water partition coefficient (Wildman–Crippen LogP) is 2.44. The second kappa shape index (κ2) is 4.66. The third-order valence-corrected chi connectivity index (χ3v) is 2.90. The number of anilines is 1. The van der Waals surface area contributed by atoms with Crippen molar-refractivity contribution in [1.29, 1.82) is 0 Å². The number of benzene rings is 1. The number of hydrogen-bond donors (Lipinski definition) is 2. The smallest absolute Gasteiger partial charge is 0.224 e. The summed E-state index contributed by atoms with van der Waals surface area (Å²) in [6.45, 7) is 1.92. The van der Waals surface area contributed by atoms with E-state index in [4.69, 9.17) is 5.73 Å². The summed E-state index contributed by atoms with van der Waals surface area (Å²) in [5, 5.41) is 2.94. The summed E-state index contributed by atoms with van der Waals surface area (Å²) < 4.78 is 0. The number of para-hydroxylation sites is 1. The minimum Gasteiger partial charge on any atom is -0.326 e. The predicted molar refractivity (Wildman–Crippen MR) is 65.0 cm³/mol. The second-order valence-corrected chi connectivity index (χ2v) is 4.57. The molecule has 86 valence electrons. The maximum Gasteiger partial charge on any atom is 0.224 e. The van der Waals surface area contributed by atoms with Gasteiger partial charge in [0.1, 0.15) is 0 Å². The molecule has 16 heavy (non-hydrogen) atoms. The lowest BCUT2D eigenvalue weighted by Crippen LogP contribution is -2.15. The summed E-state index contributed by atoms with van der Waals surface area (Å²) in [4.78, 5) is 11.7. The lowest BCUT2D eigenvalue weighted by atomic mass is 10.1. The summed E-state index contributed by atoms with van der Waals surface area (Å²) >= 11 is 0. The Hall–Kier alpha value is -1.35. The quantitative estimate of drug-likeness (QED) is 0.815. The molecule has 3 N–H and O–H groups in total. The highest BCUT2D eigenvalue weighted by molar-refractivity contribution is 5.91. The first-order valence-corrected chi connectivity index (χ1v) is 5.81. The summed E-state index contributed by atoms with van der Waals surface area (Å²) in [5.74, 6) is 0.720. The highest BCUT2D eigenvalue weighted by atomic mass is 16.1. The minimum atomic E-state index is -0.0579. The normalized spacial score (nSPS) is 16.9. The van der Waals surface area contributed by atoms with E-state index in [1.807, 2.05) is 31.2 Å². The first-order chi connectivity index (χ1) is 7.66. The largest absolute Gasteiger partial charge is 0.326 e. The number of nitrogens with one attached hydrogen (secondary N) is 1. The SMILES string of the molecule is CC(N)c1ccccc1NC(=O)CC1CC1. The van der Waals surface area contributed by atoms with Gasteiger partial charge in [-0.15, -0.1) is 0 Å². The van der Waals surface area contributed by atoms with Crippen LogP contribution in [0.5, 0.6) is 0 Å². The van der Waals surface area contributed by atoms with Gasteiger partial charge in [-0.25, -0.2) is 0 Å². The van der Waals surface area contributed by atoms with Crippen LogP contribution in [0.15, 0.2) is 24.3 Å². The van der Waals surface area contributed by atoms with Gasteiger partial charge in [-0.1, -0.05) is 18.2 Å². The van der Waals surface area contributed by atoms with Crippen molar-refractivity contribution in [2.45, 2.75) is 32.2 Å². The van der Waals surface area contributed by atoms with Crippen molar-refractivity contribution in [3.05, 3.63) is 29.8 Å². The zero-order valence-electron chi connectivity index (χ0n) is 9.57. The molecule has 0 saturated heterocycles. The van der Waals surface area contributed by atoms with Gasteiger partial charge >= 0.3 is 0 Å². The second-order valence-electron chi connectivity index (χ2n) is 4.57. The van der Waals surface area contributed by atoms with E-state index in [2.05, 4.69) is 5.32 Å². The molecule has 0 heterocycles. The molecular weight excluding hydrogens is 200 g/mol. The Bertz CT molecular complexity index is 383. The van der Waals surface area contributed by atoms with E-state index in [-0.39, 0.29) is 11.9 Å². The molecule has 1 unspecified atom stereocenters. The average molecular weight is 218 g/mol. The summed E-state index contributed by atoms with van der Waals surface area (Å²) in [6, 6.07) is 7.66. The molecule has 2 rings (SSSR count). The van der Waals surface area contributed by atoms with E-state index < -0.39 is 0 Å². The van der Waals surface area contributed by atoms with E-state index in [0.29, 0.717) is 12.3 Å². The van der Waals surface area contributed by atoms with Crippen LogP contribution in [0.2, 0.25) is 0 Å². The standard InChI is InChI=1S/C13H18N2O/c1-9(14)11-4-2-3-5-12(11)15-13(16)8-10-6-7-10/h2-5,9-10H,6-8,14H2,1H3,(H,15,16). The van der Waals surface area contributed by atoms with Gasteiger partial charge in [0.15, 0.2) is 0 Å². The van der Waals surface area contributed by atoms with Crippen LogP contribution >= 0.6 is 0 Å². The van der Waals surface area contributed by atoms with Crippen LogP contribution in [0.25, 0.3) is 0 Å². The van der Waals surface area contributed by atoms with Gasteiger partial charge in [0, 0.05) is 18.2 Å². The molecule has 1 aromatic carbocycles. The maximum atomic E-state index is 11.7. The third-order valence-electron chi connectivity index (χ3n) is 2.90. The van der Waals surface area contributed by atoms with Crippen LogP contribution in [0.3, 0.4) is 0 Å². The number of rotatable bonds is 4. The fourth-order valence-electron chi connectivity index (χ4n) is 1.79. The van der Waals surface area contributed by atoms with Crippen molar-refractivity contribution in [3.8, 4) is 0 Å². The Labute approximate surface area is 96.0 Å². The molecule has 1 saturated carbocycles. The molecule has 1 atom stereocenters. The Balaban J connectivity index is 2.04. The fourth-order valence-corrected chi connectivity index (χ4v) is 1.79. The van der Waals surface area contributed by atoms with Crippen LogP contribution < -0.4 is 11.1 Å². The molecular formula is C13H18N2O.